The number of aldehydes is 1. The van der Waals surface area contributed by atoms with E-state index < -0.39 is 17.3 Å². The smallest absolute Gasteiger partial charge is 0.279 e. The molecular formula is C10H7FN2O3. The number of hydrogen-bond donors (Lipinski definition) is 2. The molecule has 1 heterocycles. The van der Waals surface area contributed by atoms with Crippen LogP contribution in [-0.2, 0) is 0 Å². The summed E-state index contributed by atoms with van der Waals surface area (Å²) in [7, 11) is 0. The maximum absolute atomic E-state index is 12.7. The molecule has 0 aliphatic carbocycles. The fourth-order valence-electron chi connectivity index (χ4n) is 1.32. The van der Waals surface area contributed by atoms with Gasteiger partial charge in [0.05, 0.1) is 5.69 Å². The van der Waals surface area contributed by atoms with Crippen molar-refractivity contribution in [2.45, 2.75) is 0 Å². The van der Waals surface area contributed by atoms with E-state index in [-0.39, 0.29) is 11.8 Å². The van der Waals surface area contributed by atoms with Gasteiger partial charge in [0.15, 0.2) is 6.29 Å². The van der Waals surface area contributed by atoms with Crippen molar-refractivity contribution in [2.75, 3.05) is 0 Å². The highest BCUT2D eigenvalue weighted by Gasteiger charge is 2.13. The van der Waals surface area contributed by atoms with Crippen LogP contribution in [0.3, 0.4) is 0 Å². The van der Waals surface area contributed by atoms with Crippen molar-refractivity contribution in [3.8, 4) is 11.6 Å². The number of aromatic amines is 1. The fourth-order valence-corrected chi connectivity index (χ4v) is 1.32. The van der Waals surface area contributed by atoms with Gasteiger partial charge in [-0.15, -0.1) is 0 Å². The average molecular weight is 222 g/mol. The lowest BCUT2D eigenvalue weighted by Crippen LogP contribution is -2.06. The van der Waals surface area contributed by atoms with Crippen molar-refractivity contribution in [3.05, 3.63) is 46.0 Å². The Morgan fingerprint density at radius 2 is 1.94 bits per heavy atom. The first-order valence-electron chi connectivity index (χ1n) is 4.38. The number of nitrogens with zero attached hydrogens (tertiary/aromatic N) is 1. The molecule has 0 atom stereocenters. The molecule has 0 unspecified atom stereocenters. The normalized spacial score (nSPS) is 10.3. The fraction of sp³-hybridized carbons (Fsp3) is 0. The minimum atomic E-state index is -0.697. The summed E-state index contributed by atoms with van der Waals surface area (Å²) in [5.74, 6) is -0.931. The Hall–Kier alpha value is -2.37. The lowest BCUT2D eigenvalue weighted by molar-refractivity contribution is 0.112. The van der Waals surface area contributed by atoms with E-state index in [9.17, 15) is 19.1 Å². The molecule has 0 bridgehead atoms. The SMILES string of the molecule is O=Cc1c(O)n(-c2ccc(F)cc2)[nH]c1=O. The molecule has 2 N–H and O–H groups in total. The Morgan fingerprint density at radius 1 is 1.31 bits per heavy atom. The Morgan fingerprint density at radius 3 is 2.44 bits per heavy atom. The van der Waals surface area contributed by atoms with E-state index in [1.165, 1.54) is 24.3 Å². The number of H-pyrrole nitrogens is 1. The van der Waals surface area contributed by atoms with Crippen molar-refractivity contribution in [2.24, 2.45) is 0 Å². The number of carbonyl (C=O) groups excluding carboxylic acids is 1. The minimum Gasteiger partial charge on any atom is -0.493 e. The molecule has 0 saturated carbocycles. The second-order valence-electron chi connectivity index (χ2n) is 3.11. The summed E-state index contributed by atoms with van der Waals surface area (Å²) in [6.07, 6.45) is 0.258. The van der Waals surface area contributed by atoms with Crippen LogP contribution in [0.1, 0.15) is 10.4 Å². The van der Waals surface area contributed by atoms with Gasteiger partial charge >= 0.3 is 0 Å². The highest BCUT2D eigenvalue weighted by atomic mass is 19.1. The predicted octanol–water partition coefficient (Wildman–Crippen LogP) is 0.823. The highest BCUT2D eigenvalue weighted by Crippen LogP contribution is 2.16. The Kier molecular flexibility index (Phi) is 2.32. The van der Waals surface area contributed by atoms with Gasteiger partial charge in [-0.3, -0.25) is 14.7 Å². The maximum Gasteiger partial charge on any atom is 0.279 e. The molecule has 5 nitrogen and oxygen atoms in total. The monoisotopic (exact) mass is 222 g/mol. The first kappa shape index (κ1) is 10.2. The van der Waals surface area contributed by atoms with Gasteiger partial charge in [0.1, 0.15) is 11.4 Å². The van der Waals surface area contributed by atoms with Gasteiger partial charge in [0, 0.05) is 0 Å². The number of aromatic nitrogens is 2. The van der Waals surface area contributed by atoms with Crippen LogP contribution in [0.15, 0.2) is 29.1 Å². The number of benzene rings is 1. The van der Waals surface area contributed by atoms with Gasteiger partial charge in [-0.1, -0.05) is 0 Å². The largest absolute Gasteiger partial charge is 0.493 e. The molecule has 0 amide bonds. The Bertz CT molecular complexity index is 583. The number of aromatic hydroxyl groups is 1. The third-order valence-corrected chi connectivity index (χ3v) is 2.11. The van der Waals surface area contributed by atoms with Crippen LogP contribution >= 0.6 is 0 Å². The zero-order valence-corrected chi connectivity index (χ0v) is 7.98. The molecule has 0 radical (unpaired) electrons. The van der Waals surface area contributed by atoms with Gasteiger partial charge in [-0.25, -0.2) is 9.07 Å². The third-order valence-electron chi connectivity index (χ3n) is 2.11. The molecule has 1 aromatic heterocycles. The number of rotatable bonds is 2. The predicted molar refractivity (Wildman–Crippen MR) is 53.4 cm³/mol. The van der Waals surface area contributed by atoms with E-state index in [2.05, 4.69) is 5.10 Å². The molecule has 6 heteroatoms. The summed E-state index contributed by atoms with van der Waals surface area (Å²) in [4.78, 5) is 21.7. The number of carbonyl (C=O) groups is 1. The first-order valence-corrected chi connectivity index (χ1v) is 4.38. The summed E-state index contributed by atoms with van der Waals surface area (Å²) in [5.41, 5.74) is -0.703. The van der Waals surface area contributed by atoms with Crippen LogP contribution in [0.2, 0.25) is 0 Å². The molecule has 16 heavy (non-hydrogen) atoms. The van der Waals surface area contributed by atoms with Crippen molar-refractivity contribution in [1.29, 1.82) is 0 Å². The van der Waals surface area contributed by atoms with Gasteiger partial charge in [0.25, 0.3) is 5.56 Å². The van der Waals surface area contributed by atoms with E-state index in [0.29, 0.717) is 5.69 Å². The lowest BCUT2D eigenvalue weighted by Gasteiger charge is -2.03. The second kappa shape index (κ2) is 3.65. The molecule has 0 fully saturated rings. The zero-order chi connectivity index (χ0) is 11.7. The zero-order valence-electron chi connectivity index (χ0n) is 7.98. The molecule has 0 saturated heterocycles. The molecule has 2 aromatic rings. The number of nitrogens with one attached hydrogen (secondary N) is 1. The van der Waals surface area contributed by atoms with Crippen LogP contribution in [0.5, 0.6) is 5.88 Å². The quantitative estimate of drug-likeness (QED) is 0.739. The van der Waals surface area contributed by atoms with Crippen LogP contribution in [0.25, 0.3) is 5.69 Å². The van der Waals surface area contributed by atoms with Gasteiger partial charge in [-0.2, -0.15) is 0 Å². The molecule has 2 rings (SSSR count). The summed E-state index contributed by atoms with van der Waals surface area (Å²) in [5, 5.41) is 11.8. The van der Waals surface area contributed by atoms with E-state index in [1.54, 1.807) is 0 Å². The summed E-state index contributed by atoms with van der Waals surface area (Å²) < 4.78 is 13.7. The Labute approximate surface area is 88.7 Å². The highest BCUT2D eigenvalue weighted by molar-refractivity contribution is 5.77. The van der Waals surface area contributed by atoms with Gasteiger partial charge in [0.2, 0.25) is 5.88 Å². The van der Waals surface area contributed by atoms with Crippen molar-refractivity contribution >= 4 is 6.29 Å². The van der Waals surface area contributed by atoms with Gasteiger partial charge < -0.3 is 5.11 Å². The van der Waals surface area contributed by atoms with E-state index in [4.69, 9.17) is 0 Å². The summed E-state index contributed by atoms with van der Waals surface area (Å²) in [6, 6.07) is 5.07. The van der Waals surface area contributed by atoms with E-state index in [0.717, 1.165) is 4.68 Å². The van der Waals surface area contributed by atoms with Crippen LogP contribution in [0.4, 0.5) is 4.39 Å². The van der Waals surface area contributed by atoms with E-state index >= 15 is 0 Å². The van der Waals surface area contributed by atoms with Gasteiger partial charge in [-0.05, 0) is 24.3 Å². The van der Waals surface area contributed by atoms with Crippen LogP contribution < -0.4 is 5.56 Å². The molecule has 0 aliphatic rings. The van der Waals surface area contributed by atoms with E-state index in [1.807, 2.05) is 0 Å². The molecule has 1 aromatic carbocycles. The standard InChI is InChI=1S/C10H7FN2O3/c11-6-1-3-7(4-2-6)13-10(16)8(5-14)9(15)12-13/h1-5,16H,(H,12,15). The summed E-state index contributed by atoms with van der Waals surface area (Å²) in [6.45, 7) is 0. The maximum atomic E-state index is 12.7. The molecule has 82 valence electrons. The first-order chi connectivity index (χ1) is 7.63. The average Bonchev–Trinajstić information content (AvgIpc) is 2.55. The Balaban J connectivity index is 2.61. The third kappa shape index (κ3) is 1.50. The number of hydrogen-bond acceptors (Lipinski definition) is 3. The molecule has 0 aliphatic heterocycles. The molecular weight excluding hydrogens is 215 g/mol. The lowest BCUT2D eigenvalue weighted by atomic mass is 10.3. The van der Waals surface area contributed by atoms with Crippen LogP contribution in [0, 0.1) is 5.82 Å². The van der Waals surface area contributed by atoms with Crippen molar-refractivity contribution in [3.63, 3.8) is 0 Å². The second-order valence-corrected chi connectivity index (χ2v) is 3.11. The van der Waals surface area contributed by atoms with Crippen molar-refractivity contribution < 1.29 is 14.3 Å². The van der Waals surface area contributed by atoms with Crippen molar-refractivity contribution in [1.82, 2.24) is 9.78 Å². The topological polar surface area (TPSA) is 75.1 Å². The minimum absolute atomic E-state index is 0.258. The van der Waals surface area contributed by atoms with Crippen LogP contribution in [-0.4, -0.2) is 21.2 Å². The molecule has 0 spiro atoms. The number of halogens is 1. The summed E-state index contributed by atoms with van der Waals surface area (Å²) >= 11 is 0.